The van der Waals surface area contributed by atoms with Crippen molar-refractivity contribution in [2.45, 2.75) is 18.6 Å². The van der Waals surface area contributed by atoms with E-state index in [0.29, 0.717) is 10.8 Å². The zero-order chi connectivity index (χ0) is 16.4. The number of ether oxygens (including phenoxy) is 1. The van der Waals surface area contributed by atoms with Gasteiger partial charge in [-0.1, -0.05) is 18.2 Å². The molecule has 1 aromatic carbocycles. The second kappa shape index (κ2) is 5.99. The number of alkyl halides is 5. The van der Waals surface area contributed by atoms with E-state index in [9.17, 15) is 26.7 Å². The first-order valence-electron chi connectivity index (χ1n) is 6.19. The van der Waals surface area contributed by atoms with E-state index in [1.807, 2.05) is 0 Å². The molecular formula is C13H11F5N2O2. The Bertz CT molecular complexity index is 711. The molecule has 9 heteroatoms. The van der Waals surface area contributed by atoms with Gasteiger partial charge < -0.3 is 4.74 Å². The van der Waals surface area contributed by atoms with Crippen molar-refractivity contribution in [3.63, 3.8) is 0 Å². The molecule has 22 heavy (non-hydrogen) atoms. The molecule has 0 bridgehead atoms. The van der Waals surface area contributed by atoms with Gasteiger partial charge in [-0.2, -0.15) is 27.1 Å². The van der Waals surface area contributed by atoms with E-state index in [4.69, 9.17) is 0 Å². The van der Waals surface area contributed by atoms with Crippen LogP contribution in [0.5, 0.6) is 0 Å². The maximum atomic E-state index is 12.6. The molecule has 2 rings (SSSR count). The molecule has 1 heterocycles. The zero-order valence-electron chi connectivity index (χ0n) is 11.1. The molecule has 0 aliphatic carbocycles. The molecule has 0 aliphatic rings. The van der Waals surface area contributed by atoms with Gasteiger partial charge in [-0.05, 0) is 6.07 Å². The van der Waals surface area contributed by atoms with E-state index < -0.39 is 30.9 Å². The van der Waals surface area contributed by atoms with E-state index >= 15 is 0 Å². The standard InChI is InChI=1S/C13H11F5N2O2/c14-12(15,13(16,17)18)8-22-6-5-20-11(21)10-4-2-1-3-9(10)7-19-20/h1-4,7H,5-6,8H2. The smallest absolute Gasteiger partial charge is 0.373 e. The number of nitrogens with zero attached hydrogens (tertiary/aromatic N) is 2. The fourth-order valence-electron chi connectivity index (χ4n) is 1.72. The highest BCUT2D eigenvalue weighted by molar-refractivity contribution is 5.80. The lowest BCUT2D eigenvalue weighted by molar-refractivity contribution is -0.296. The molecule has 1 aromatic heterocycles. The number of aromatic nitrogens is 2. The van der Waals surface area contributed by atoms with Crippen LogP contribution in [0.4, 0.5) is 22.0 Å². The molecule has 0 aliphatic heterocycles. The number of fused-ring (bicyclic) bond motifs is 1. The monoisotopic (exact) mass is 322 g/mol. The van der Waals surface area contributed by atoms with Crippen LogP contribution in [-0.2, 0) is 11.3 Å². The normalized spacial score (nSPS) is 12.8. The van der Waals surface area contributed by atoms with E-state index in [2.05, 4.69) is 9.84 Å². The third-order valence-electron chi connectivity index (χ3n) is 2.91. The van der Waals surface area contributed by atoms with Crippen LogP contribution in [-0.4, -0.2) is 35.1 Å². The number of rotatable bonds is 5. The molecule has 0 amide bonds. The first-order chi connectivity index (χ1) is 10.2. The number of halogens is 5. The fraction of sp³-hybridized carbons (Fsp3) is 0.385. The van der Waals surface area contributed by atoms with Crippen molar-refractivity contribution < 1.29 is 26.7 Å². The summed E-state index contributed by atoms with van der Waals surface area (Å²) in [5, 5.41) is 4.78. The number of hydrogen-bond donors (Lipinski definition) is 0. The Labute approximate surface area is 121 Å². The minimum Gasteiger partial charge on any atom is -0.373 e. The minimum absolute atomic E-state index is 0.225. The topological polar surface area (TPSA) is 44.1 Å². The zero-order valence-corrected chi connectivity index (χ0v) is 11.1. The lowest BCUT2D eigenvalue weighted by atomic mass is 10.2. The highest BCUT2D eigenvalue weighted by atomic mass is 19.4. The van der Waals surface area contributed by atoms with Crippen LogP contribution >= 0.6 is 0 Å². The molecule has 0 fully saturated rings. The van der Waals surface area contributed by atoms with Crippen LogP contribution in [0.15, 0.2) is 35.3 Å². The first kappa shape index (κ1) is 16.3. The van der Waals surface area contributed by atoms with E-state index in [1.165, 1.54) is 6.20 Å². The molecule has 0 spiro atoms. The van der Waals surface area contributed by atoms with Gasteiger partial charge in [-0.3, -0.25) is 4.79 Å². The summed E-state index contributed by atoms with van der Waals surface area (Å²) in [6.07, 6.45) is -4.26. The molecule has 0 saturated heterocycles. The summed E-state index contributed by atoms with van der Waals surface area (Å²) in [4.78, 5) is 12.0. The van der Waals surface area contributed by atoms with Crippen LogP contribution in [0, 0.1) is 0 Å². The van der Waals surface area contributed by atoms with Gasteiger partial charge in [0.05, 0.1) is 24.7 Å². The van der Waals surface area contributed by atoms with Gasteiger partial charge in [-0.15, -0.1) is 0 Å². The van der Waals surface area contributed by atoms with E-state index in [-0.39, 0.29) is 6.54 Å². The van der Waals surface area contributed by atoms with Crippen LogP contribution in [0.3, 0.4) is 0 Å². The largest absolute Gasteiger partial charge is 0.455 e. The van der Waals surface area contributed by atoms with Gasteiger partial charge >= 0.3 is 12.1 Å². The van der Waals surface area contributed by atoms with Crippen LogP contribution in [0.25, 0.3) is 10.8 Å². The summed E-state index contributed by atoms with van der Waals surface area (Å²) in [7, 11) is 0. The van der Waals surface area contributed by atoms with Gasteiger partial charge in [0.1, 0.15) is 6.61 Å². The molecule has 0 radical (unpaired) electrons. The van der Waals surface area contributed by atoms with Gasteiger partial charge in [0.25, 0.3) is 5.56 Å². The lowest BCUT2D eigenvalue weighted by Gasteiger charge is -2.19. The number of benzene rings is 1. The third-order valence-corrected chi connectivity index (χ3v) is 2.91. The highest BCUT2D eigenvalue weighted by Gasteiger charge is 2.57. The molecular weight excluding hydrogens is 311 g/mol. The minimum atomic E-state index is -5.66. The summed E-state index contributed by atoms with van der Waals surface area (Å²) in [6.45, 7) is -2.51. The molecule has 4 nitrogen and oxygen atoms in total. The van der Waals surface area contributed by atoms with Crippen LogP contribution < -0.4 is 5.56 Å². The predicted molar refractivity (Wildman–Crippen MR) is 67.8 cm³/mol. The van der Waals surface area contributed by atoms with E-state index in [0.717, 1.165) is 4.68 Å². The second-order valence-corrected chi connectivity index (χ2v) is 4.51. The summed E-state index contributed by atoms with van der Waals surface area (Å²) >= 11 is 0. The number of hydrogen-bond acceptors (Lipinski definition) is 3. The van der Waals surface area contributed by atoms with Crippen molar-refractivity contribution in [2.75, 3.05) is 13.2 Å². The van der Waals surface area contributed by atoms with Crippen molar-refractivity contribution in [2.24, 2.45) is 0 Å². The maximum absolute atomic E-state index is 12.6. The predicted octanol–water partition coefficient (Wildman–Crippen LogP) is 2.61. The van der Waals surface area contributed by atoms with Gasteiger partial charge in [0, 0.05) is 5.39 Å². The van der Waals surface area contributed by atoms with Crippen molar-refractivity contribution in [1.82, 2.24) is 9.78 Å². The highest BCUT2D eigenvalue weighted by Crippen LogP contribution is 2.35. The molecule has 2 aromatic rings. The van der Waals surface area contributed by atoms with Crippen molar-refractivity contribution in [3.05, 3.63) is 40.8 Å². The summed E-state index contributed by atoms with van der Waals surface area (Å²) in [6, 6.07) is 6.60. The van der Waals surface area contributed by atoms with Crippen molar-refractivity contribution in [1.29, 1.82) is 0 Å². The lowest BCUT2D eigenvalue weighted by Crippen LogP contribution is -2.41. The van der Waals surface area contributed by atoms with Gasteiger partial charge in [-0.25, -0.2) is 4.68 Å². The Morgan fingerprint density at radius 2 is 1.82 bits per heavy atom. The fourth-order valence-corrected chi connectivity index (χ4v) is 1.72. The van der Waals surface area contributed by atoms with Gasteiger partial charge in [0.15, 0.2) is 0 Å². The molecule has 0 saturated carbocycles. The summed E-state index contributed by atoms with van der Waals surface area (Å²) in [5.74, 6) is -4.92. The van der Waals surface area contributed by atoms with Crippen LogP contribution in [0.1, 0.15) is 0 Å². The first-order valence-corrected chi connectivity index (χ1v) is 6.19. The third kappa shape index (κ3) is 3.41. The average Bonchev–Trinajstić information content (AvgIpc) is 2.44. The summed E-state index contributed by atoms with van der Waals surface area (Å²) in [5.41, 5.74) is -0.468. The quantitative estimate of drug-likeness (QED) is 0.628. The Hall–Kier alpha value is -2.03. The SMILES string of the molecule is O=c1c2ccccc2cnn1CCOCC(F)(F)C(F)(F)F. The Morgan fingerprint density at radius 3 is 2.50 bits per heavy atom. The summed E-state index contributed by atoms with van der Waals surface area (Å²) < 4.78 is 66.3. The van der Waals surface area contributed by atoms with E-state index in [1.54, 1.807) is 24.3 Å². The maximum Gasteiger partial charge on any atom is 0.455 e. The average molecular weight is 322 g/mol. The molecule has 0 N–H and O–H groups in total. The molecule has 0 atom stereocenters. The van der Waals surface area contributed by atoms with Crippen molar-refractivity contribution in [3.8, 4) is 0 Å². The molecule has 120 valence electrons. The Kier molecular flexibility index (Phi) is 4.45. The molecule has 0 unspecified atom stereocenters. The van der Waals surface area contributed by atoms with Crippen molar-refractivity contribution >= 4 is 10.8 Å². The Morgan fingerprint density at radius 1 is 1.14 bits per heavy atom. The Balaban J connectivity index is 1.99. The van der Waals surface area contributed by atoms with Crippen LogP contribution in [0.2, 0.25) is 0 Å². The second-order valence-electron chi connectivity index (χ2n) is 4.51. The van der Waals surface area contributed by atoms with Gasteiger partial charge in [0.2, 0.25) is 0 Å².